The van der Waals surface area contributed by atoms with E-state index >= 15 is 0 Å². The molecule has 0 fully saturated rings. The molecular formula is C22H19ClN4O3S2. The van der Waals surface area contributed by atoms with E-state index < -0.39 is 10.8 Å². The van der Waals surface area contributed by atoms with Crippen LogP contribution < -0.4 is 10.6 Å². The highest BCUT2D eigenvalue weighted by atomic mass is 35.5. The number of benzene rings is 1. The number of thiophene rings is 1. The Balaban J connectivity index is 2.02. The summed E-state index contributed by atoms with van der Waals surface area (Å²) in [6, 6.07) is 8.30. The van der Waals surface area contributed by atoms with E-state index in [1.54, 1.807) is 28.0 Å². The number of hydrogen-bond donors (Lipinski definition) is 1. The molecule has 0 amide bonds. The molecule has 7 nitrogen and oxygen atoms in total. The van der Waals surface area contributed by atoms with Crippen molar-refractivity contribution in [2.75, 3.05) is 11.2 Å². The van der Waals surface area contributed by atoms with Gasteiger partial charge in [0.15, 0.2) is 5.78 Å². The van der Waals surface area contributed by atoms with Crippen molar-refractivity contribution in [3.63, 3.8) is 0 Å². The van der Waals surface area contributed by atoms with Gasteiger partial charge in [-0.3, -0.25) is 19.8 Å². The number of carbonyl (C=O) groups is 1. The first-order valence-corrected chi connectivity index (χ1v) is 12.2. The summed E-state index contributed by atoms with van der Waals surface area (Å²) in [5.74, 6) is -0.466. The van der Waals surface area contributed by atoms with Crippen molar-refractivity contribution in [1.82, 2.24) is 0 Å². The second-order valence-electron chi connectivity index (χ2n) is 7.51. The van der Waals surface area contributed by atoms with Gasteiger partial charge in [-0.15, -0.1) is 23.1 Å². The number of ketones is 1. The molecule has 4 rings (SSSR count). The molecule has 0 bridgehead atoms. The monoisotopic (exact) mass is 486 g/mol. The number of nitriles is 1. The zero-order valence-electron chi connectivity index (χ0n) is 17.3. The summed E-state index contributed by atoms with van der Waals surface area (Å²) in [7, 11) is 0. The topological polar surface area (TPSA) is 113 Å². The Bertz CT molecular complexity index is 1260. The molecule has 0 spiro atoms. The fourth-order valence-corrected chi connectivity index (χ4v) is 6.45. The molecule has 2 aromatic rings. The van der Waals surface area contributed by atoms with Crippen molar-refractivity contribution in [3.8, 4) is 6.07 Å². The molecule has 2 N–H and O–H groups in total. The lowest BCUT2D eigenvalue weighted by atomic mass is 9.76. The standard InChI is InChI=1S/C22H19ClN4O3S2/c1-11-8-13(22(31-2)32-11)19-14(10-24)21(25)26(16-4-3-5-18(28)20(16)19)17-9-12(27(29)30)6-7-15(17)23/h6-9,19H,3-5,25H2,1-2H3/t19-/m1/s1. The van der Waals surface area contributed by atoms with Crippen molar-refractivity contribution in [2.24, 2.45) is 5.73 Å². The van der Waals surface area contributed by atoms with E-state index in [4.69, 9.17) is 17.3 Å². The Morgan fingerprint density at radius 1 is 1.38 bits per heavy atom. The van der Waals surface area contributed by atoms with E-state index in [2.05, 4.69) is 6.07 Å². The van der Waals surface area contributed by atoms with E-state index in [1.165, 1.54) is 18.2 Å². The fourth-order valence-electron chi connectivity index (χ4n) is 4.33. The van der Waals surface area contributed by atoms with Crippen LogP contribution in [-0.4, -0.2) is 17.0 Å². The first-order chi connectivity index (χ1) is 15.3. The molecule has 2 aliphatic rings. The number of anilines is 1. The van der Waals surface area contributed by atoms with Crippen LogP contribution in [0.25, 0.3) is 0 Å². The molecule has 0 saturated heterocycles. The average molecular weight is 487 g/mol. The highest BCUT2D eigenvalue weighted by molar-refractivity contribution is 8.00. The smallest absolute Gasteiger partial charge is 0.271 e. The van der Waals surface area contributed by atoms with Crippen LogP contribution in [0.1, 0.15) is 35.6 Å². The largest absolute Gasteiger partial charge is 0.384 e. The van der Waals surface area contributed by atoms with Gasteiger partial charge in [0.05, 0.1) is 37.4 Å². The third kappa shape index (κ3) is 3.58. The van der Waals surface area contributed by atoms with Crippen LogP contribution in [0.4, 0.5) is 11.4 Å². The van der Waals surface area contributed by atoms with Crippen molar-refractivity contribution in [2.45, 2.75) is 36.3 Å². The third-order valence-electron chi connectivity index (χ3n) is 5.64. The highest BCUT2D eigenvalue weighted by Crippen LogP contribution is 2.50. The number of non-ortho nitro benzene ring substituents is 1. The van der Waals surface area contributed by atoms with Crippen molar-refractivity contribution < 1.29 is 9.72 Å². The molecule has 1 aromatic heterocycles. The quantitative estimate of drug-likeness (QED) is 0.337. The number of Topliss-reactive ketones (excluding diaryl/α,β-unsaturated/α-hetero) is 1. The van der Waals surface area contributed by atoms with Gasteiger partial charge in [0.25, 0.3) is 5.69 Å². The van der Waals surface area contributed by atoms with Gasteiger partial charge in [-0.05, 0) is 43.7 Å². The van der Waals surface area contributed by atoms with Crippen molar-refractivity contribution in [3.05, 3.63) is 72.5 Å². The van der Waals surface area contributed by atoms with E-state index in [9.17, 15) is 20.2 Å². The van der Waals surface area contributed by atoms with Crippen LogP contribution in [0.5, 0.6) is 0 Å². The molecule has 0 unspecified atom stereocenters. The normalized spacial score (nSPS) is 18.6. The maximum atomic E-state index is 13.2. The Hall–Kier alpha value is -2.80. The molecule has 32 heavy (non-hydrogen) atoms. The number of carbonyl (C=O) groups excluding carboxylic acids is 1. The molecular weight excluding hydrogens is 468 g/mol. The molecule has 1 aromatic carbocycles. The van der Waals surface area contributed by atoms with Gasteiger partial charge < -0.3 is 5.73 Å². The van der Waals surface area contributed by atoms with Crippen LogP contribution in [0.2, 0.25) is 5.02 Å². The Morgan fingerprint density at radius 2 is 2.12 bits per heavy atom. The lowest BCUT2D eigenvalue weighted by Gasteiger charge is -2.39. The maximum absolute atomic E-state index is 13.2. The summed E-state index contributed by atoms with van der Waals surface area (Å²) in [5.41, 5.74) is 9.00. The summed E-state index contributed by atoms with van der Waals surface area (Å²) in [5, 5.41) is 21.7. The van der Waals surface area contributed by atoms with Crippen LogP contribution in [-0.2, 0) is 4.79 Å². The Labute approximate surface area is 198 Å². The van der Waals surface area contributed by atoms with Crippen LogP contribution in [0.15, 0.2) is 51.1 Å². The summed E-state index contributed by atoms with van der Waals surface area (Å²) in [6.45, 7) is 1.99. The average Bonchev–Trinajstić information content (AvgIpc) is 3.14. The van der Waals surface area contributed by atoms with E-state index in [0.717, 1.165) is 14.6 Å². The lowest BCUT2D eigenvalue weighted by Crippen LogP contribution is -2.38. The zero-order chi connectivity index (χ0) is 23.2. The van der Waals surface area contributed by atoms with Crippen LogP contribution in [0.3, 0.4) is 0 Å². The molecule has 1 atom stereocenters. The minimum atomic E-state index is -0.566. The number of aryl methyl sites for hydroxylation is 1. The van der Waals surface area contributed by atoms with Gasteiger partial charge in [0.1, 0.15) is 5.82 Å². The number of nitrogens with two attached hydrogens (primary N) is 1. The summed E-state index contributed by atoms with van der Waals surface area (Å²) in [4.78, 5) is 26.7. The first-order valence-electron chi connectivity index (χ1n) is 9.82. The fraction of sp³-hybridized carbons (Fsp3) is 0.273. The molecule has 0 radical (unpaired) electrons. The van der Waals surface area contributed by atoms with Crippen LogP contribution in [0, 0.1) is 28.4 Å². The van der Waals surface area contributed by atoms with Gasteiger partial charge in [-0.25, -0.2) is 0 Å². The number of nitrogens with zero attached hydrogens (tertiary/aromatic N) is 3. The van der Waals surface area contributed by atoms with Crippen molar-refractivity contribution >= 4 is 51.9 Å². The van der Waals surface area contributed by atoms with Crippen molar-refractivity contribution in [1.29, 1.82) is 5.26 Å². The van der Waals surface area contributed by atoms with E-state index in [1.807, 2.05) is 19.2 Å². The Kier molecular flexibility index (Phi) is 6.03. The van der Waals surface area contributed by atoms with Gasteiger partial charge in [0.2, 0.25) is 0 Å². The number of hydrogen-bond acceptors (Lipinski definition) is 8. The number of rotatable bonds is 4. The van der Waals surface area contributed by atoms with Gasteiger partial charge >= 0.3 is 0 Å². The molecule has 164 valence electrons. The number of allylic oxidation sites excluding steroid dienone is 3. The predicted octanol–water partition coefficient (Wildman–Crippen LogP) is 5.64. The number of nitro groups is 1. The highest BCUT2D eigenvalue weighted by Gasteiger charge is 2.42. The minimum Gasteiger partial charge on any atom is -0.384 e. The summed E-state index contributed by atoms with van der Waals surface area (Å²) in [6.07, 6.45) is 3.51. The second-order valence-corrected chi connectivity index (χ2v) is 10.3. The third-order valence-corrected chi connectivity index (χ3v) is 8.18. The molecule has 1 aliphatic heterocycles. The molecule has 0 saturated carbocycles. The summed E-state index contributed by atoms with van der Waals surface area (Å²) >= 11 is 9.61. The first kappa shape index (κ1) is 22.4. The number of thioether (sulfide) groups is 1. The van der Waals surface area contributed by atoms with Crippen LogP contribution >= 0.6 is 34.7 Å². The molecule has 1 aliphatic carbocycles. The van der Waals surface area contributed by atoms with Gasteiger partial charge in [-0.2, -0.15) is 5.26 Å². The van der Waals surface area contributed by atoms with E-state index in [0.29, 0.717) is 36.2 Å². The van der Waals surface area contributed by atoms with E-state index in [-0.39, 0.29) is 27.9 Å². The summed E-state index contributed by atoms with van der Waals surface area (Å²) < 4.78 is 1.03. The number of halogens is 1. The molecule has 2 heterocycles. The molecule has 10 heteroatoms. The lowest BCUT2D eigenvalue weighted by molar-refractivity contribution is -0.384. The second kappa shape index (κ2) is 8.62. The zero-order valence-corrected chi connectivity index (χ0v) is 19.7. The number of nitro benzene ring substituents is 1. The Morgan fingerprint density at radius 3 is 2.78 bits per heavy atom. The van der Waals surface area contributed by atoms with Gasteiger partial charge in [0, 0.05) is 34.7 Å². The predicted molar refractivity (Wildman–Crippen MR) is 127 cm³/mol. The minimum absolute atomic E-state index is 0.0426. The van der Waals surface area contributed by atoms with Gasteiger partial charge in [-0.1, -0.05) is 11.6 Å². The maximum Gasteiger partial charge on any atom is 0.271 e. The SMILES string of the molecule is CSc1sc(C)cc1[C@@H]1C(C#N)=C(N)N(c2cc([N+](=O)[O-])ccc2Cl)C2=C1C(=O)CCC2.